The number of rotatable bonds is 15. The van der Waals surface area contributed by atoms with Gasteiger partial charge < -0.3 is 5.73 Å². The van der Waals surface area contributed by atoms with E-state index in [1.54, 1.807) is 0 Å². The van der Waals surface area contributed by atoms with Crippen LogP contribution in [0.15, 0.2) is 30.3 Å². The van der Waals surface area contributed by atoms with Gasteiger partial charge in [0.25, 0.3) is 0 Å². The van der Waals surface area contributed by atoms with Crippen molar-refractivity contribution in [1.29, 1.82) is 0 Å². The highest BCUT2D eigenvalue weighted by molar-refractivity contribution is 7.99. The molecule has 0 aliphatic heterocycles. The molecule has 0 aliphatic carbocycles. The number of benzene rings is 1. The molecule has 0 saturated carbocycles. The summed E-state index contributed by atoms with van der Waals surface area (Å²) in [5.41, 5.74) is 7.32. The zero-order chi connectivity index (χ0) is 16.6. The van der Waals surface area contributed by atoms with E-state index >= 15 is 0 Å². The Morgan fingerprint density at radius 1 is 0.783 bits per heavy atom. The molecular formula is C21H36NS. The Morgan fingerprint density at radius 2 is 1.30 bits per heavy atom. The topological polar surface area (TPSA) is 26.0 Å². The van der Waals surface area contributed by atoms with Crippen LogP contribution in [0.4, 0.5) is 0 Å². The van der Waals surface area contributed by atoms with Gasteiger partial charge in [0.05, 0.1) is 5.37 Å². The monoisotopic (exact) mass is 334 g/mol. The van der Waals surface area contributed by atoms with Crippen molar-refractivity contribution in [1.82, 2.24) is 0 Å². The Balaban J connectivity index is 1.75. The van der Waals surface area contributed by atoms with Gasteiger partial charge in [0, 0.05) is 0 Å². The molecule has 2 N–H and O–H groups in total. The van der Waals surface area contributed by atoms with Gasteiger partial charge in [-0.2, -0.15) is 0 Å². The van der Waals surface area contributed by atoms with Gasteiger partial charge in [-0.1, -0.05) is 88.6 Å². The van der Waals surface area contributed by atoms with E-state index in [9.17, 15) is 0 Å². The molecule has 0 amide bonds. The second-order valence-electron chi connectivity index (χ2n) is 6.47. The maximum Gasteiger partial charge on any atom is 0.0507 e. The van der Waals surface area contributed by atoms with Crippen molar-refractivity contribution in [3.05, 3.63) is 42.8 Å². The summed E-state index contributed by atoms with van der Waals surface area (Å²) in [6.07, 6.45) is 16.0. The summed E-state index contributed by atoms with van der Waals surface area (Å²) in [7, 11) is 0. The Kier molecular flexibility index (Phi) is 13.5. The molecule has 0 aliphatic rings. The predicted molar refractivity (Wildman–Crippen MR) is 107 cm³/mol. The quantitative estimate of drug-likeness (QED) is 0.298. The molecule has 1 unspecified atom stereocenters. The largest absolute Gasteiger partial charge is 0.319 e. The van der Waals surface area contributed by atoms with E-state index in [0.29, 0.717) is 0 Å². The van der Waals surface area contributed by atoms with Crippen molar-refractivity contribution in [2.45, 2.75) is 82.4 Å². The molecule has 0 heterocycles. The number of hydrogen-bond acceptors (Lipinski definition) is 2. The summed E-state index contributed by atoms with van der Waals surface area (Å²) < 4.78 is 0. The first-order valence-electron chi connectivity index (χ1n) is 9.53. The number of hydrogen-bond donors (Lipinski definition) is 1. The van der Waals surface area contributed by atoms with E-state index < -0.39 is 0 Å². The highest BCUT2D eigenvalue weighted by atomic mass is 32.2. The summed E-state index contributed by atoms with van der Waals surface area (Å²) in [4.78, 5) is 0. The molecule has 0 aromatic heterocycles. The van der Waals surface area contributed by atoms with Crippen LogP contribution in [0, 0.1) is 6.92 Å². The van der Waals surface area contributed by atoms with Crippen molar-refractivity contribution in [2.75, 3.05) is 5.75 Å². The lowest BCUT2D eigenvalue weighted by Gasteiger charge is -2.07. The second-order valence-corrected chi connectivity index (χ2v) is 7.82. The van der Waals surface area contributed by atoms with Crippen LogP contribution >= 0.6 is 11.8 Å². The van der Waals surface area contributed by atoms with E-state index in [2.05, 4.69) is 37.3 Å². The predicted octanol–water partition coefficient (Wildman–Crippen LogP) is 6.37. The molecule has 0 saturated heterocycles. The molecule has 0 spiro atoms. The van der Waals surface area contributed by atoms with Crippen LogP contribution in [-0.4, -0.2) is 11.1 Å². The summed E-state index contributed by atoms with van der Waals surface area (Å²) in [5, 5.41) is 0.247. The Hall–Kier alpha value is -0.470. The van der Waals surface area contributed by atoms with Crippen LogP contribution in [-0.2, 0) is 6.42 Å². The van der Waals surface area contributed by atoms with Gasteiger partial charge in [0.15, 0.2) is 0 Å². The van der Waals surface area contributed by atoms with Gasteiger partial charge in [-0.3, -0.25) is 0 Å². The van der Waals surface area contributed by atoms with Gasteiger partial charge >= 0.3 is 0 Å². The van der Waals surface area contributed by atoms with Gasteiger partial charge in [-0.05, 0) is 37.0 Å². The fraction of sp³-hybridized carbons (Fsp3) is 0.667. The van der Waals surface area contributed by atoms with E-state index in [0.717, 1.165) is 6.42 Å². The first-order chi connectivity index (χ1) is 11.3. The number of unbranched alkanes of at least 4 members (excludes halogenated alkanes) is 9. The molecule has 1 nitrogen and oxygen atoms in total. The van der Waals surface area contributed by atoms with Crippen LogP contribution in [0.2, 0.25) is 0 Å². The SMILES string of the molecule is [CH2]CC(N)SCCCCCCCCCCCCc1ccccc1. The summed E-state index contributed by atoms with van der Waals surface area (Å²) in [6.45, 7) is 3.83. The lowest BCUT2D eigenvalue weighted by molar-refractivity contribution is 0.557. The van der Waals surface area contributed by atoms with Crippen molar-refractivity contribution in [3.8, 4) is 0 Å². The molecule has 1 radical (unpaired) electrons. The summed E-state index contributed by atoms with van der Waals surface area (Å²) in [5.74, 6) is 1.21. The van der Waals surface area contributed by atoms with Gasteiger partial charge in [0.2, 0.25) is 0 Å². The molecule has 0 bridgehead atoms. The molecule has 1 aromatic rings. The maximum absolute atomic E-state index is 5.84. The third-order valence-corrected chi connectivity index (χ3v) is 5.51. The third kappa shape index (κ3) is 12.6. The van der Waals surface area contributed by atoms with Crippen LogP contribution in [0.3, 0.4) is 0 Å². The van der Waals surface area contributed by atoms with E-state index in [-0.39, 0.29) is 5.37 Å². The molecule has 1 rings (SSSR count). The normalized spacial score (nSPS) is 12.4. The van der Waals surface area contributed by atoms with Gasteiger partial charge in [-0.25, -0.2) is 0 Å². The smallest absolute Gasteiger partial charge is 0.0507 e. The van der Waals surface area contributed by atoms with Crippen molar-refractivity contribution >= 4 is 11.8 Å². The first kappa shape index (κ1) is 20.6. The molecule has 23 heavy (non-hydrogen) atoms. The molecule has 1 aromatic carbocycles. The van der Waals surface area contributed by atoms with Crippen molar-refractivity contribution in [2.24, 2.45) is 5.73 Å². The Labute approximate surface area is 148 Å². The number of aryl methyl sites for hydroxylation is 1. The fourth-order valence-electron chi connectivity index (χ4n) is 2.81. The van der Waals surface area contributed by atoms with Crippen LogP contribution in [0.25, 0.3) is 0 Å². The third-order valence-electron chi connectivity index (χ3n) is 4.32. The minimum Gasteiger partial charge on any atom is -0.319 e. The van der Waals surface area contributed by atoms with E-state index in [4.69, 9.17) is 5.73 Å². The first-order valence-corrected chi connectivity index (χ1v) is 10.6. The number of thioether (sulfide) groups is 1. The molecule has 131 valence electrons. The lowest BCUT2D eigenvalue weighted by atomic mass is 10.0. The number of nitrogens with two attached hydrogens (primary N) is 1. The van der Waals surface area contributed by atoms with E-state index in [1.807, 2.05) is 11.8 Å². The minimum atomic E-state index is 0.247. The second kappa shape index (κ2) is 15.1. The van der Waals surface area contributed by atoms with Crippen molar-refractivity contribution in [3.63, 3.8) is 0 Å². The van der Waals surface area contributed by atoms with Crippen molar-refractivity contribution < 1.29 is 0 Å². The molecular weight excluding hydrogens is 298 g/mol. The highest BCUT2D eigenvalue weighted by Crippen LogP contribution is 2.15. The molecule has 0 fully saturated rings. The van der Waals surface area contributed by atoms with Crippen LogP contribution < -0.4 is 5.73 Å². The Bertz CT molecular complexity index is 352. The van der Waals surface area contributed by atoms with Gasteiger partial charge in [-0.15, -0.1) is 11.8 Å². The average Bonchev–Trinajstić information content (AvgIpc) is 2.59. The Morgan fingerprint density at radius 3 is 1.87 bits per heavy atom. The molecule has 2 heteroatoms. The zero-order valence-electron chi connectivity index (χ0n) is 14.8. The minimum absolute atomic E-state index is 0.247. The lowest BCUT2D eigenvalue weighted by Crippen LogP contribution is -2.14. The average molecular weight is 335 g/mol. The van der Waals surface area contributed by atoms with E-state index in [1.165, 1.54) is 81.9 Å². The summed E-state index contributed by atoms with van der Waals surface area (Å²) >= 11 is 1.87. The van der Waals surface area contributed by atoms with Gasteiger partial charge in [0.1, 0.15) is 0 Å². The van der Waals surface area contributed by atoms with Crippen LogP contribution in [0.5, 0.6) is 0 Å². The highest BCUT2D eigenvalue weighted by Gasteiger charge is 1.98. The zero-order valence-corrected chi connectivity index (χ0v) is 15.7. The summed E-state index contributed by atoms with van der Waals surface area (Å²) in [6, 6.07) is 10.9. The standard InChI is InChI=1S/C21H36NS/c1-2-21(22)23-19-15-10-8-6-4-3-5-7-9-12-16-20-17-13-11-14-18-20/h11,13-14,17-18,21H,1-10,12,15-16,19,22H2. The van der Waals surface area contributed by atoms with Crippen LogP contribution in [0.1, 0.15) is 76.2 Å². The molecule has 1 atom stereocenters. The fourth-order valence-corrected chi connectivity index (χ4v) is 3.65. The maximum atomic E-state index is 5.84.